The van der Waals surface area contributed by atoms with Crippen LogP contribution in [0.5, 0.6) is 0 Å². The molecule has 1 N–H and O–H groups in total. The highest BCUT2D eigenvalue weighted by Crippen LogP contribution is 2.30. The van der Waals surface area contributed by atoms with Crippen LogP contribution >= 0.6 is 0 Å². The second kappa shape index (κ2) is 2.69. The smallest absolute Gasteiger partial charge is 0.415 e. The van der Waals surface area contributed by atoms with Gasteiger partial charge in [0, 0.05) is 0 Å². The fourth-order valence-corrected chi connectivity index (χ4v) is 3.57. The zero-order chi connectivity index (χ0) is 10.4. The van der Waals surface area contributed by atoms with E-state index in [9.17, 15) is 18.0 Å². The van der Waals surface area contributed by atoms with Gasteiger partial charge in [0.1, 0.15) is 0 Å². The van der Waals surface area contributed by atoms with E-state index in [4.69, 9.17) is 4.74 Å². The van der Waals surface area contributed by atoms with Crippen LogP contribution in [0.2, 0.25) is 0 Å². The number of sulfone groups is 1. The van der Waals surface area contributed by atoms with Crippen molar-refractivity contribution in [2.24, 2.45) is 0 Å². The summed E-state index contributed by atoms with van der Waals surface area (Å²) < 4.78 is 27.3. The molecule has 1 atom stereocenters. The van der Waals surface area contributed by atoms with E-state index in [0.717, 1.165) is 0 Å². The van der Waals surface area contributed by atoms with Crippen molar-refractivity contribution >= 4 is 21.8 Å². The summed E-state index contributed by atoms with van der Waals surface area (Å²) in [6, 6.07) is 0. The molecule has 2 saturated heterocycles. The highest BCUT2D eigenvalue weighted by Gasteiger charge is 2.53. The summed E-state index contributed by atoms with van der Waals surface area (Å²) >= 11 is 0. The first-order valence-electron chi connectivity index (χ1n) is 4.18. The molecule has 6 nitrogen and oxygen atoms in total. The fraction of sp³-hybridized carbons (Fsp3) is 0.714. The van der Waals surface area contributed by atoms with Crippen molar-refractivity contribution in [1.82, 2.24) is 5.32 Å². The highest BCUT2D eigenvalue weighted by atomic mass is 32.2. The average molecular weight is 219 g/mol. The molecule has 0 aromatic heterocycles. The van der Waals surface area contributed by atoms with Crippen LogP contribution in [-0.4, -0.2) is 37.5 Å². The average Bonchev–Trinajstić information content (AvgIpc) is 2.24. The Labute approximate surface area is 80.5 Å². The van der Waals surface area contributed by atoms with Gasteiger partial charge in [0.15, 0.2) is 9.84 Å². The second-order valence-electron chi connectivity index (χ2n) is 3.53. The number of rotatable bonds is 0. The first kappa shape index (κ1) is 9.45. The van der Waals surface area contributed by atoms with E-state index in [0.29, 0.717) is 6.42 Å². The maximum Gasteiger partial charge on any atom is 0.415 e. The zero-order valence-electron chi connectivity index (χ0n) is 7.28. The first-order valence-corrected chi connectivity index (χ1v) is 6.01. The lowest BCUT2D eigenvalue weighted by molar-refractivity contribution is -0.130. The second-order valence-corrected chi connectivity index (χ2v) is 5.72. The Bertz CT molecular complexity index is 400. The van der Waals surface area contributed by atoms with Gasteiger partial charge in [0.2, 0.25) is 5.60 Å². The first-order chi connectivity index (χ1) is 6.44. The lowest BCUT2D eigenvalue weighted by atomic mass is 9.99. The zero-order valence-corrected chi connectivity index (χ0v) is 8.09. The quantitative estimate of drug-likeness (QED) is 0.576. The molecule has 2 fully saturated rings. The highest BCUT2D eigenvalue weighted by molar-refractivity contribution is 7.91. The molecule has 0 bridgehead atoms. The van der Waals surface area contributed by atoms with Gasteiger partial charge in [-0.25, -0.2) is 13.2 Å². The summed E-state index contributed by atoms with van der Waals surface area (Å²) in [6.45, 7) is 0. The van der Waals surface area contributed by atoms with E-state index < -0.39 is 33.2 Å². The number of amides is 2. The van der Waals surface area contributed by atoms with Crippen LogP contribution in [0.4, 0.5) is 4.79 Å². The minimum absolute atomic E-state index is 0.0551. The van der Waals surface area contributed by atoms with Crippen molar-refractivity contribution in [3.63, 3.8) is 0 Å². The van der Waals surface area contributed by atoms with Crippen molar-refractivity contribution in [3.05, 3.63) is 0 Å². The molecule has 78 valence electrons. The van der Waals surface area contributed by atoms with E-state index in [1.54, 1.807) is 0 Å². The van der Waals surface area contributed by atoms with Crippen molar-refractivity contribution in [1.29, 1.82) is 0 Å². The molecule has 14 heavy (non-hydrogen) atoms. The number of imide groups is 1. The number of carbonyl (C=O) groups excluding carboxylic acids is 2. The largest absolute Gasteiger partial charge is 0.431 e. The third kappa shape index (κ3) is 1.37. The molecular weight excluding hydrogens is 210 g/mol. The van der Waals surface area contributed by atoms with Crippen molar-refractivity contribution < 1.29 is 22.7 Å². The van der Waals surface area contributed by atoms with Crippen LogP contribution in [0.3, 0.4) is 0 Å². The van der Waals surface area contributed by atoms with Gasteiger partial charge >= 0.3 is 6.09 Å². The molecule has 0 radical (unpaired) electrons. The Morgan fingerprint density at radius 1 is 1.36 bits per heavy atom. The molecule has 7 heteroatoms. The molecular formula is C7H9NO5S. The molecule has 0 saturated carbocycles. The lowest BCUT2D eigenvalue weighted by Gasteiger charge is -2.27. The van der Waals surface area contributed by atoms with Crippen molar-refractivity contribution in [2.75, 3.05) is 11.5 Å². The van der Waals surface area contributed by atoms with Gasteiger partial charge in [-0.05, 0) is 12.8 Å². The SMILES string of the molecule is O=C1NC(=O)C2(CCCS(=O)(=O)C2)O1. The van der Waals surface area contributed by atoms with Gasteiger partial charge < -0.3 is 4.74 Å². The molecule has 1 unspecified atom stereocenters. The number of carbonyl (C=O) groups is 2. The monoisotopic (exact) mass is 219 g/mol. The van der Waals surface area contributed by atoms with Crippen LogP contribution < -0.4 is 5.32 Å². The number of hydrogen-bond acceptors (Lipinski definition) is 5. The van der Waals surface area contributed by atoms with E-state index in [2.05, 4.69) is 0 Å². The molecule has 2 aliphatic heterocycles. The number of hydrogen-bond donors (Lipinski definition) is 1. The maximum atomic E-state index is 11.3. The maximum absolute atomic E-state index is 11.3. The molecule has 2 aliphatic rings. The molecule has 2 rings (SSSR count). The molecule has 2 amide bonds. The van der Waals surface area contributed by atoms with Gasteiger partial charge in [-0.15, -0.1) is 0 Å². The van der Waals surface area contributed by atoms with E-state index >= 15 is 0 Å². The summed E-state index contributed by atoms with van der Waals surface area (Å²) in [5, 5.41) is 1.95. The Morgan fingerprint density at radius 3 is 2.57 bits per heavy atom. The summed E-state index contributed by atoms with van der Waals surface area (Å²) in [7, 11) is -3.27. The lowest BCUT2D eigenvalue weighted by Crippen LogP contribution is -2.48. The summed E-state index contributed by atoms with van der Waals surface area (Å²) in [6.07, 6.45) is -0.223. The predicted molar refractivity (Wildman–Crippen MR) is 45.2 cm³/mol. The molecule has 2 heterocycles. The van der Waals surface area contributed by atoms with Gasteiger partial charge in [0.25, 0.3) is 5.91 Å². The van der Waals surface area contributed by atoms with E-state index in [-0.39, 0.29) is 12.2 Å². The van der Waals surface area contributed by atoms with Gasteiger partial charge in [0.05, 0.1) is 11.5 Å². The Kier molecular flexibility index (Phi) is 1.82. The third-order valence-corrected chi connectivity index (χ3v) is 4.22. The van der Waals surface area contributed by atoms with Gasteiger partial charge in [-0.3, -0.25) is 10.1 Å². The van der Waals surface area contributed by atoms with E-state index in [1.165, 1.54) is 0 Å². The summed E-state index contributed by atoms with van der Waals surface area (Å²) in [5.41, 5.74) is -1.45. The van der Waals surface area contributed by atoms with Crippen molar-refractivity contribution in [3.8, 4) is 0 Å². The van der Waals surface area contributed by atoms with Gasteiger partial charge in [-0.1, -0.05) is 0 Å². The minimum Gasteiger partial charge on any atom is -0.431 e. The van der Waals surface area contributed by atoms with Crippen LogP contribution in [-0.2, 0) is 19.4 Å². The fourth-order valence-electron chi connectivity index (χ4n) is 1.79. The Morgan fingerprint density at radius 2 is 2.07 bits per heavy atom. The molecule has 0 aromatic carbocycles. The topological polar surface area (TPSA) is 89.5 Å². The van der Waals surface area contributed by atoms with Crippen LogP contribution in [0.1, 0.15) is 12.8 Å². The molecule has 0 aromatic rings. The van der Waals surface area contributed by atoms with Crippen LogP contribution in [0, 0.1) is 0 Å². The van der Waals surface area contributed by atoms with E-state index in [1.807, 2.05) is 5.32 Å². The van der Waals surface area contributed by atoms with Crippen molar-refractivity contribution in [2.45, 2.75) is 18.4 Å². The summed E-state index contributed by atoms with van der Waals surface area (Å²) in [5.74, 6) is -0.970. The van der Waals surface area contributed by atoms with Crippen LogP contribution in [0.25, 0.3) is 0 Å². The van der Waals surface area contributed by atoms with Gasteiger partial charge in [-0.2, -0.15) is 0 Å². The minimum atomic E-state index is -3.27. The number of ether oxygens (including phenoxy) is 1. The molecule has 1 spiro atoms. The van der Waals surface area contributed by atoms with Crippen LogP contribution in [0.15, 0.2) is 0 Å². The Hall–Kier alpha value is -1.11. The third-order valence-electron chi connectivity index (χ3n) is 2.41. The number of nitrogens with one attached hydrogen (secondary N) is 1. The Balaban J connectivity index is 2.33. The normalized spacial score (nSPS) is 35.4. The standard InChI is InChI=1S/C7H9NO5S/c9-5-7(13-6(10)8-5)2-1-3-14(11,12)4-7/h1-4H2,(H,8,9,10). The molecule has 0 aliphatic carbocycles. The predicted octanol–water partition coefficient (Wildman–Crippen LogP) is -0.800. The number of alkyl carbamates (subject to hydrolysis) is 1. The summed E-state index contributed by atoms with van der Waals surface area (Å²) in [4.78, 5) is 22.1.